The molecule has 1 aliphatic rings. The van der Waals surface area contributed by atoms with Crippen molar-refractivity contribution in [1.82, 2.24) is 5.32 Å². The van der Waals surface area contributed by atoms with Crippen LogP contribution < -0.4 is 14.8 Å². The van der Waals surface area contributed by atoms with Crippen LogP contribution in [0, 0.1) is 5.92 Å². The summed E-state index contributed by atoms with van der Waals surface area (Å²) in [4.78, 5) is 0. The third-order valence-corrected chi connectivity index (χ3v) is 4.37. The van der Waals surface area contributed by atoms with Crippen molar-refractivity contribution in [3.8, 4) is 11.5 Å². The topological polar surface area (TPSA) is 30.5 Å². The van der Waals surface area contributed by atoms with Crippen molar-refractivity contribution in [3.63, 3.8) is 0 Å². The third-order valence-electron chi connectivity index (χ3n) is 4.37. The summed E-state index contributed by atoms with van der Waals surface area (Å²) in [5, 5.41) is 3.71. The van der Waals surface area contributed by atoms with E-state index in [2.05, 4.69) is 25.2 Å². The van der Waals surface area contributed by atoms with Gasteiger partial charge in [-0.15, -0.1) is 0 Å². The molecule has 19 heavy (non-hydrogen) atoms. The van der Waals surface area contributed by atoms with E-state index in [-0.39, 0.29) is 5.54 Å². The van der Waals surface area contributed by atoms with Gasteiger partial charge >= 0.3 is 0 Å². The van der Waals surface area contributed by atoms with Gasteiger partial charge in [0.25, 0.3) is 0 Å². The number of ether oxygens (including phenoxy) is 2. The lowest BCUT2D eigenvalue weighted by Gasteiger charge is -2.34. The smallest absolute Gasteiger partial charge is 0.163 e. The molecule has 1 aliphatic heterocycles. The molecule has 3 heteroatoms. The number of nitrogens with one attached hydrogen (secondary N) is 1. The number of benzene rings is 1. The maximum Gasteiger partial charge on any atom is 0.163 e. The molecule has 0 radical (unpaired) electrons. The van der Waals surface area contributed by atoms with Gasteiger partial charge in [-0.2, -0.15) is 0 Å². The highest BCUT2D eigenvalue weighted by Gasteiger charge is 2.37. The minimum absolute atomic E-state index is 0.194. The number of hydrogen-bond donors (Lipinski definition) is 1. The van der Waals surface area contributed by atoms with E-state index in [1.54, 1.807) is 14.2 Å². The van der Waals surface area contributed by atoms with Crippen LogP contribution in [0.25, 0.3) is 0 Å². The summed E-state index contributed by atoms with van der Waals surface area (Å²) < 4.78 is 10.9. The van der Waals surface area contributed by atoms with E-state index in [0.29, 0.717) is 5.92 Å². The predicted octanol–water partition coefficient (Wildman–Crippen LogP) is 3.02. The van der Waals surface area contributed by atoms with Crippen LogP contribution >= 0.6 is 0 Å². The summed E-state index contributed by atoms with van der Waals surface area (Å²) in [5.41, 5.74) is 1.42. The van der Waals surface area contributed by atoms with Crippen LogP contribution in [0.2, 0.25) is 0 Å². The fourth-order valence-electron chi connectivity index (χ4n) is 3.11. The maximum atomic E-state index is 5.55. The number of para-hydroxylation sites is 1. The van der Waals surface area contributed by atoms with Crippen LogP contribution in [0.15, 0.2) is 18.2 Å². The normalized spacial score (nSPS) is 22.8. The quantitative estimate of drug-likeness (QED) is 0.885. The van der Waals surface area contributed by atoms with Crippen LogP contribution in [0.4, 0.5) is 0 Å². The van der Waals surface area contributed by atoms with Crippen LogP contribution in [-0.2, 0) is 6.42 Å². The lowest BCUT2D eigenvalue weighted by atomic mass is 9.79. The molecule has 1 saturated heterocycles. The summed E-state index contributed by atoms with van der Waals surface area (Å²) in [7, 11) is 3.40. The maximum absolute atomic E-state index is 5.55. The van der Waals surface area contributed by atoms with E-state index in [1.165, 1.54) is 18.4 Å². The van der Waals surface area contributed by atoms with Gasteiger partial charge in [-0.1, -0.05) is 26.0 Å². The summed E-state index contributed by atoms with van der Waals surface area (Å²) in [6.07, 6.45) is 3.47. The van der Waals surface area contributed by atoms with Gasteiger partial charge in [0.1, 0.15) is 0 Å². The Bertz CT molecular complexity index is 423. The van der Waals surface area contributed by atoms with Crippen molar-refractivity contribution in [3.05, 3.63) is 23.8 Å². The molecule has 1 aromatic carbocycles. The van der Waals surface area contributed by atoms with Gasteiger partial charge in [-0.25, -0.2) is 0 Å². The average Bonchev–Trinajstić information content (AvgIpc) is 2.88. The Morgan fingerprint density at radius 1 is 1.26 bits per heavy atom. The first-order valence-corrected chi connectivity index (χ1v) is 7.08. The van der Waals surface area contributed by atoms with Crippen LogP contribution in [0.3, 0.4) is 0 Å². The molecule has 0 bridgehead atoms. The molecule has 0 saturated carbocycles. The molecule has 1 fully saturated rings. The molecule has 2 rings (SSSR count). The van der Waals surface area contributed by atoms with Crippen LogP contribution in [-0.4, -0.2) is 26.3 Å². The average molecular weight is 263 g/mol. The van der Waals surface area contributed by atoms with Crippen LogP contribution in [0.5, 0.6) is 11.5 Å². The molecule has 1 atom stereocenters. The Balaban J connectivity index is 2.32. The highest BCUT2D eigenvalue weighted by Crippen LogP contribution is 2.37. The van der Waals surface area contributed by atoms with Crippen molar-refractivity contribution >= 4 is 0 Å². The molecule has 0 aromatic heterocycles. The zero-order valence-electron chi connectivity index (χ0n) is 12.5. The summed E-state index contributed by atoms with van der Waals surface area (Å²) in [6.45, 7) is 5.71. The Morgan fingerprint density at radius 2 is 2.05 bits per heavy atom. The zero-order chi connectivity index (χ0) is 13.9. The van der Waals surface area contributed by atoms with Crippen molar-refractivity contribution in [2.24, 2.45) is 5.92 Å². The molecule has 0 spiro atoms. The van der Waals surface area contributed by atoms with Crippen molar-refractivity contribution in [2.75, 3.05) is 20.8 Å². The standard InChI is InChI=1S/C16H25NO2/c1-12(2)16(9-6-10-17-16)11-13-7-5-8-14(18-3)15(13)19-4/h5,7-8,12,17H,6,9-11H2,1-4H3. The minimum atomic E-state index is 0.194. The van der Waals surface area contributed by atoms with E-state index < -0.39 is 0 Å². The van der Waals surface area contributed by atoms with Gasteiger partial charge in [0.15, 0.2) is 11.5 Å². The van der Waals surface area contributed by atoms with E-state index >= 15 is 0 Å². The second-order valence-electron chi connectivity index (χ2n) is 5.67. The molecule has 0 aliphatic carbocycles. The summed E-state index contributed by atoms with van der Waals surface area (Å²) in [5.74, 6) is 2.29. The zero-order valence-corrected chi connectivity index (χ0v) is 12.5. The van der Waals surface area contributed by atoms with Gasteiger partial charge in [0.2, 0.25) is 0 Å². The van der Waals surface area contributed by atoms with Gasteiger partial charge in [0, 0.05) is 5.54 Å². The van der Waals surface area contributed by atoms with E-state index in [9.17, 15) is 0 Å². The highest BCUT2D eigenvalue weighted by atomic mass is 16.5. The largest absolute Gasteiger partial charge is 0.493 e. The summed E-state index contributed by atoms with van der Waals surface area (Å²) in [6, 6.07) is 6.14. The predicted molar refractivity (Wildman–Crippen MR) is 78.1 cm³/mol. The van der Waals surface area contributed by atoms with Gasteiger partial charge in [-0.05, 0) is 43.4 Å². The number of methoxy groups -OCH3 is 2. The van der Waals surface area contributed by atoms with Crippen molar-refractivity contribution < 1.29 is 9.47 Å². The number of hydrogen-bond acceptors (Lipinski definition) is 3. The molecular formula is C16H25NO2. The molecule has 1 heterocycles. The molecule has 0 amide bonds. The first kappa shape index (κ1) is 14.2. The van der Waals surface area contributed by atoms with Gasteiger partial charge in [0.05, 0.1) is 14.2 Å². The second kappa shape index (κ2) is 5.83. The third kappa shape index (κ3) is 2.71. The first-order valence-electron chi connectivity index (χ1n) is 7.08. The lowest BCUT2D eigenvalue weighted by molar-refractivity contribution is 0.264. The monoisotopic (exact) mass is 263 g/mol. The summed E-state index contributed by atoms with van der Waals surface area (Å²) >= 11 is 0. The molecular weight excluding hydrogens is 238 g/mol. The Hall–Kier alpha value is -1.22. The Labute approximate surface area is 116 Å². The van der Waals surface area contributed by atoms with E-state index in [1.807, 2.05) is 12.1 Å². The first-order chi connectivity index (χ1) is 9.13. The highest BCUT2D eigenvalue weighted by molar-refractivity contribution is 5.47. The molecule has 3 nitrogen and oxygen atoms in total. The second-order valence-corrected chi connectivity index (χ2v) is 5.67. The van der Waals surface area contributed by atoms with E-state index in [0.717, 1.165) is 24.5 Å². The van der Waals surface area contributed by atoms with Crippen LogP contribution in [0.1, 0.15) is 32.3 Å². The fraction of sp³-hybridized carbons (Fsp3) is 0.625. The van der Waals surface area contributed by atoms with Gasteiger partial charge in [-0.3, -0.25) is 0 Å². The molecule has 1 unspecified atom stereocenters. The number of rotatable bonds is 5. The molecule has 1 N–H and O–H groups in total. The van der Waals surface area contributed by atoms with E-state index in [4.69, 9.17) is 9.47 Å². The lowest BCUT2D eigenvalue weighted by Crippen LogP contribution is -2.46. The van der Waals surface area contributed by atoms with Crippen molar-refractivity contribution in [1.29, 1.82) is 0 Å². The Kier molecular flexibility index (Phi) is 4.35. The molecule has 1 aromatic rings. The SMILES string of the molecule is COc1cccc(CC2(C(C)C)CCCN2)c1OC. The fourth-order valence-corrected chi connectivity index (χ4v) is 3.11. The van der Waals surface area contributed by atoms with Gasteiger partial charge < -0.3 is 14.8 Å². The van der Waals surface area contributed by atoms with Crippen molar-refractivity contribution in [2.45, 2.75) is 38.6 Å². The minimum Gasteiger partial charge on any atom is -0.493 e. The Morgan fingerprint density at radius 3 is 2.58 bits per heavy atom. The molecule has 106 valence electrons.